The predicted molar refractivity (Wildman–Crippen MR) is 90.1 cm³/mol. The summed E-state index contributed by atoms with van der Waals surface area (Å²) in [6.07, 6.45) is 0.967. The van der Waals surface area contributed by atoms with E-state index in [0.717, 1.165) is 17.0 Å². The van der Waals surface area contributed by atoms with Gasteiger partial charge in [-0.1, -0.05) is 36.7 Å². The Labute approximate surface area is 138 Å². The van der Waals surface area contributed by atoms with Crippen LogP contribution in [0.4, 0.5) is 4.39 Å². The molecule has 0 aliphatic carbocycles. The molecule has 0 fully saturated rings. The summed E-state index contributed by atoms with van der Waals surface area (Å²) in [7, 11) is 0. The lowest BCUT2D eigenvalue weighted by molar-refractivity contribution is 0.456. The lowest BCUT2D eigenvalue weighted by Gasteiger charge is -2.23. The second-order valence-electron chi connectivity index (χ2n) is 5.07. The van der Waals surface area contributed by atoms with Crippen LogP contribution in [0.3, 0.4) is 0 Å². The van der Waals surface area contributed by atoms with Crippen molar-refractivity contribution in [2.24, 2.45) is 0 Å². The fourth-order valence-electron chi connectivity index (χ4n) is 2.32. The maximum atomic E-state index is 13.3. The highest BCUT2D eigenvalue weighted by Crippen LogP contribution is 2.26. The summed E-state index contributed by atoms with van der Waals surface area (Å²) in [5.74, 6) is -0.240. The van der Waals surface area contributed by atoms with Gasteiger partial charge in [0.05, 0.1) is 4.47 Å². The van der Waals surface area contributed by atoms with Gasteiger partial charge in [0.2, 0.25) is 0 Å². The van der Waals surface area contributed by atoms with Crippen LogP contribution < -0.4 is 5.32 Å². The highest BCUT2D eigenvalue weighted by atomic mass is 79.9. The molecular weight excluding hydrogens is 353 g/mol. The first-order valence-corrected chi connectivity index (χ1v) is 8.14. The Morgan fingerprint density at radius 2 is 1.76 bits per heavy atom. The van der Waals surface area contributed by atoms with Crippen LogP contribution in [0, 0.1) is 5.82 Å². The summed E-state index contributed by atoms with van der Waals surface area (Å²) in [5, 5.41) is 4.32. The van der Waals surface area contributed by atoms with Crippen molar-refractivity contribution in [1.29, 1.82) is 0 Å². The van der Waals surface area contributed by atoms with Crippen LogP contribution in [0.25, 0.3) is 0 Å². The molecule has 0 amide bonds. The van der Waals surface area contributed by atoms with Gasteiger partial charge in [-0.25, -0.2) is 4.39 Å². The van der Waals surface area contributed by atoms with Crippen LogP contribution in [0.15, 0.2) is 46.9 Å². The lowest BCUT2D eigenvalue weighted by Crippen LogP contribution is -2.24. The van der Waals surface area contributed by atoms with E-state index < -0.39 is 0 Å². The highest BCUT2D eigenvalue weighted by Gasteiger charge is 2.14. The first-order valence-electron chi connectivity index (χ1n) is 6.97. The second kappa shape index (κ2) is 7.39. The van der Waals surface area contributed by atoms with Gasteiger partial charge in [-0.15, -0.1) is 0 Å². The minimum atomic E-state index is -0.240. The summed E-state index contributed by atoms with van der Waals surface area (Å²) in [4.78, 5) is 0. The molecule has 2 unspecified atom stereocenters. The molecule has 2 aromatic carbocycles. The average molecular weight is 371 g/mol. The van der Waals surface area contributed by atoms with Gasteiger partial charge in [-0.05, 0) is 64.7 Å². The van der Waals surface area contributed by atoms with Crippen molar-refractivity contribution in [3.63, 3.8) is 0 Å². The van der Waals surface area contributed by atoms with Gasteiger partial charge in [0.15, 0.2) is 0 Å². The molecule has 0 radical (unpaired) electrons. The number of hydrogen-bond donors (Lipinski definition) is 1. The molecule has 2 atom stereocenters. The van der Waals surface area contributed by atoms with Crippen molar-refractivity contribution in [2.45, 2.75) is 32.4 Å². The molecule has 0 aromatic heterocycles. The third-order valence-electron chi connectivity index (χ3n) is 3.58. The van der Waals surface area contributed by atoms with Crippen molar-refractivity contribution in [2.75, 3.05) is 0 Å². The highest BCUT2D eigenvalue weighted by molar-refractivity contribution is 9.10. The van der Waals surface area contributed by atoms with Crippen LogP contribution in [-0.4, -0.2) is 0 Å². The topological polar surface area (TPSA) is 12.0 Å². The molecule has 1 N–H and O–H groups in total. The molecule has 1 nitrogen and oxygen atoms in total. The normalized spacial score (nSPS) is 14.0. The summed E-state index contributed by atoms with van der Waals surface area (Å²) >= 11 is 9.17. The molecule has 112 valence electrons. The van der Waals surface area contributed by atoms with Gasteiger partial charge >= 0.3 is 0 Å². The number of hydrogen-bond acceptors (Lipinski definition) is 1. The van der Waals surface area contributed by atoms with Crippen LogP contribution in [0.1, 0.15) is 43.5 Å². The largest absolute Gasteiger partial charge is 0.303 e. The zero-order valence-electron chi connectivity index (χ0n) is 12.0. The van der Waals surface area contributed by atoms with Crippen molar-refractivity contribution >= 4 is 27.5 Å². The monoisotopic (exact) mass is 369 g/mol. The van der Waals surface area contributed by atoms with E-state index in [0.29, 0.717) is 4.47 Å². The molecule has 0 aliphatic rings. The summed E-state index contributed by atoms with van der Waals surface area (Å²) in [5.41, 5.74) is 2.26. The van der Waals surface area contributed by atoms with Crippen molar-refractivity contribution < 1.29 is 4.39 Å². The molecule has 21 heavy (non-hydrogen) atoms. The van der Waals surface area contributed by atoms with Gasteiger partial charge in [0.25, 0.3) is 0 Å². The molecule has 0 saturated heterocycles. The molecule has 0 saturated carbocycles. The molecule has 4 heteroatoms. The summed E-state index contributed by atoms with van der Waals surface area (Å²) < 4.78 is 13.8. The zero-order valence-corrected chi connectivity index (χ0v) is 14.4. The van der Waals surface area contributed by atoms with Crippen molar-refractivity contribution in [3.8, 4) is 0 Å². The maximum absolute atomic E-state index is 13.3. The number of rotatable bonds is 5. The number of nitrogens with one attached hydrogen (secondary N) is 1. The third-order valence-corrected chi connectivity index (χ3v) is 4.44. The Morgan fingerprint density at radius 3 is 2.33 bits per heavy atom. The first kappa shape index (κ1) is 16.5. The Hall–Kier alpha value is -0.900. The molecule has 0 spiro atoms. The van der Waals surface area contributed by atoms with Gasteiger partial charge < -0.3 is 5.32 Å². The van der Waals surface area contributed by atoms with Gasteiger partial charge in [-0.2, -0.15) is 0 Å². The van der Waals surface area contributed by atoms with E-state index in [4.69, 9.17) is 11.6 Å². The van der Waals surface area contributed by atoms with E-state index in [-0.39, 0.29) is 17.9 Å². The Balaban J connectivity index is 2.13. The minimum absolute atomic E-state index is 0.127. The molecule has 2 aromatic rings. The third kappa shape index (κ3) is 4.29. The zero-order chi connectivity index (χ0) is 15.4. The molecule has 0 heterocycles. The van der Waals surface area contributed by atoms with Crippen LogP contribution >= 0.6 is 27.5 Å². The molecular formula is C17H18BrClFN. The molecule has 2 rings (SSSR count). The summed E-state index contributed by atoms with van der Waals surface area (Å²) in [6, 6.07) is 13.4. The fraction of sp³-hybridized carbons (Fsp3) is 0.294. The average Bonchev–Trinajstić information content (AvgIpc) is 2.48. The van der Waals surface area contributed by atoms with E-state index in [1.165, 1.54) is 11.6 Å². The quantitative estimate of drug-likeness (QED) is 0.676. The van der Waals surface area contributed by atoms with E-state index in [1.807, 2.05) is 36.4 Å². The van der Waals surface area contributed by atoms with Crippen molar-refractivity contribution in [1.82, 2.24) is 5.32 Å². The van der Waals surface area contributed by atoms with Crippen molar-refractivity contribution in [3.05, 3.63) is 68.9 Å². The van der Waals surface area contributed by atoms with Gasteiger partial charge in [-0.3, -0.25) is 0 Å². The standard InChI is InChI=1S/C17H18BrClFN/c1-3-17(12-4-7-14(19)8-5-12)21-11(2)13-6-9-16(20)15(18)10-13/h4-11,17,21H,3H2,1-2H3. The SMILES string of the molecule is CCC(NC(C)c1ccc(F)c(Br)c1)c1ccc(Cl)cc1. The van der Waals surface area contributed by atoms with Gasteiger partial charge in [0.1, 0.15) is 5.82 Å². The predicted octanol–water partition coefficient (Wildman–Crippen LogP) is 6.04. The Bertz CT molecular complexity index is 600. The van der Waals surface area contributed by atoms with Crippen LogP contribution in [-0.2, 0) is 0 Å². The first-order chi connectivity index (χ1) is 10.0. The van der Waals surface area contributed by atoms with Crippen LogP contribution in [0.2, 0.25) is 5.02 Å². The smallest absolute Gasteiger partial charge is 0.137 e. The lowest BCUT2D eigenvalue weighted by atomic mass is 10.0. The van der Waals surface area contributed by atoms with E-state index in [2.05, 4.69) is 35.1 Å². The molecule has 0 bridgehead atoms. The van der Waals surface area contributed by atoms with E-state index in [9.17, 15) is 4.39 Å². The van der Waals surface area contributed by atoms with Crippen LogP contribution in [0.5, 0.6) is 0 Å². The second-order valence-corrected chi connectivity index (χ2v) is 6.37. The number of benzene rings is 2. The maximum Gasteiger partial charge on any atom is 0.137 e. The van der Waals surface area contributed by atoms with E-state index in [1.54, 1.807) is 0 Å². The molecule has 0 aliphatic heterocycles. The Kier molecular flexibility index (Phi) is 5.80. The van der Waals surface area contributed by atoms with E-state index >= 15 is 0 Å². The minimum Gasteiger partial charge on any atom is -0.303 e. The summed E-state index contributed by atoms with van der Waals surface area (Å²) in [6.45, 7) is 4.22. The Morgan fingerprint density at radius 1 is 1.14 bits per heavy atom. The number of halogens is 3. The van der Waals surface area contributed by atoms with Gasteiger partial charge in [0, 0.05) is 17.1 Å². The fourth-order valence-corrected chi connectivity index (χ4v) is 2.85.